The highest BCUT2D eigenvalue weighted by Gasteiger charge is 2.24. The average molecular weight is 283 g/mol. The quantitative estimate of drug-likeness (QED) is 0.751. The van der Waals surface area contributed by atoms with Crippen molar-refractivity contribution in [3.05, 3.63) is 0 Å². The van der Waals surface area contributed by atoms with Gasteiger partial charge < -0.3 is 10.6 Å². The first-order valence-electron chi connectivity index (χ1n) is 8.09. The van der Waals surface area contributed by atoms with Crippen LogP contribution in [0.25, 0.3) is 0 Å². The van der Waals surface area contributed by atoms with E-state index in [2.05, 4.69) is 50.2 Å². The summed E-state index contributed by atoms with van der Waals surface area (Å²) >= 11 is 0. The van der Waals surface area contributed by atoms with Crippen LogP contribution < -0.4 is 10.6 Å². The Labute approximate surface area is 124 Å². The van der Waals surface area contributed by atoms with E-state index in [4.69, 9.17) is 0 Å². The van der Waals surface area contributed by atoms with Crippen LogP contribution in [0.3, 0.4) is 0 Å². The second-order valence-electron chi connectivity index (χ2n) is 7.09. The van der Waals surface area contributed by atoms with Crippen LogP contribution in [0.5, 0.6) is 0 Å². The van der Waals surface area contributed by atoms with Crippen molar-refractivity contribution >= 4 is 5.91 Å². The lowest BCUT2D eigenvalue weighted by Crippen LogP contribution is -2.49. The highest BCUT2D eigenvalue weighted by molar-refractivity contribution is 5.78. The minimum Gasteiger partial charge on any atom is -0.350 e. The Kier molecular flexibility index (Phi) is 6.96. The van der Waals surface area contributed by atoms with Crippen LogP contribution in [0.2, 0.25) is 0 Å². The Morgan fingerprint density at radius 1 is 1.40 bits per heavy atom. The molecular weight excluding hydrogens is 250 g/mol. The van der Waals surface area contributed by atoms with Crippen LogP contribution in [0.4, 0.5) is 0 Å². The number of hydrogen-bond donors (Lipinski definition) is 2. The molecular formula is C16H33N3O. The van der Waals surface area contributed by atoms with Crippen LogP contribution in [0.1, 0.15) is 53.9 Å². The third-order valence-corrected chi connectivity index (χ3v) is 4.15. The van der Waals surface area contributed by atoms with Gasteiger partial charge in [-0.1, -0.05) is 20.8 Å². The SMILES string of the molecule is CCC(C)(C)NC(=O)CN1CCCC(CNC(C)C)C1. The predicted molar refractivity (Wildman–Crippen MR) is 84.8 cm³/mol. The van der Waals surface area contributed by atoms with Crippen molar-refractivity contribution in [1.29, 1.82) is 0 Å². The maximum absolute atomic E-state index is 12.1. The fraction of sp³-hybridized carbons (Fsp3) is 0.938. The lowest BCUT2D eigenvalue weighted by molar-refractivity contribution is -0.124. The minimum atomic E-state index is -0.0918. The maximum Gasteiger partial charge on any atom is 0.234 e. The summed E-state index contributed by atoms with van der Waals surface area (Å²) in [6.45, 7) is 14.3. The van der Waals surface area contributed by atoms with E-state index in [1.54, 1.807) is 0 Å². The number of hydrogen-bond acceptors (Lipinski definition) is 3. The van der Waals surface area contributed by atoms with Crippen molar-refractivity contribution in [3.63, 3.8) is 0 Å². The first kappa shape index (κ1) is 17.4. The van der Waals surface area contributed by atoms with E-state index in [9.17, 15) is 4.79 Å². The first-order chi connectivity index (χ1) is 9.32. The molecule has 1 fully saturated rings. The van der Waals surface area contributed by atoms with Gasteiger partial charge in [-0.25, -0.2) is 0 Å². The molecule has 1 aliphatic rings. The molecule has 1 aliphatic heterocycles. The van der Waals surface area contributed by atoms with E-state index in [0.29, 0.717) is 18.5 Å². The molecule has 2 N–H and O–H groups in total. The van der Waals surface area contributed by atoms with Gasteiger partial charge >= 0.3 is 0 Å². The predicted octanol–water partition coefficient (Wildman–Crippen LogP) is 2.00. The zero-order chi connectivity index (χ0) is 15.2. The number of likely N-dealkylation sites (tertiary alicyclic amines) is 1. The average Bonchev–Trinajstić information content (AvgIpc) is 2.36. The topological polar surface area (TPSA) is 44.4 Å². The Balaban J connectivity index is 2.34. The van der Waals surface area contributed by atoms with Gasteiger partial charge in [0.15, 0.2) is 0 Å². The molecule has 0 radical (unpaired) electrons. The monoisotopic (exact) mass is 283 g/mol. The number of piperidine rings is 1. The lowest BCUT2D eigenvalue weighted by Gasteiger charge is -2.34. The summed E-state index contributed by atoms with van der Waals surface area (Å²) in [4.78, 5) is 14.4. The van der Waals surface area contributed by atoms with E-state index in [1.165, 1.54) is 12.8 Å². The Morgan fingerprint density at radius 2 is 2.10 bits per heavy atom. The normalized spacial score (nSPS) is 21.2. The molecule has 0 aliphatic carbocycles. The van der Waals surface area contributed by atoms with E-state index in [0.717, 1.165) is 26.1 Å². The lowest BCUT2D eigenvalue weighted by atomic mass is 9.97. The largest absolute Gasteiger partial charge is 0.350 e. The molecule has 0 aromatic heterocycles. The van der Waals surface area contributed by atoms with E-state index >= 15 is 0 Å². The van der Waals surface area contributed by atoms with Gasteiger partial charge in [0.25, 0.3) is 0 Å². The summed E-state index contributed by atoms with van der Waals surface area (Å²) in [5.41, 5.74) is -0.0918. The Morgan fingerprint density at radius 3 is 2.70 bits per heavy atom. The molecule has 1 saturated heterocycles. The molecule has 0 aromatic carbocycles. The molecule has 0 spiro atoms. The summed E-state index contributed by atoms with van der Waals surface area (Å²) in [6.07, 6.45) is 3.44. The van der Waals surface area contributed by atoms with Crippen molar-refractivity contribution in [1.82, 2.24) is 15.5 Å². The fourth-order valence-corrected chi connectivity index (χ4v) is 2.57. The summed E-state index contributed by atoms with van der Waals surface area (Å²) in [5.74, 6) is 0.840. The van der Waals surface area contributed by atoms with Crippen molar-refractivity contribution in [2.45, 2.75) is 65.5 Å². The van der Waals surface area contributed by atoms with E-state index in [-0.39, 0.29) is 11.4 Å². The van der Waals surface area contributed by atoms with Crippen molar-refractivity contribution in [2.75, 3.05) is 26.2 Å². The molecule has 1 amide bonds. The van der Waals surface area contributed by atoms with Crippen molar-refractivity contribution in [2.24, 2.45) is 5.92 Å². The smallest absolute Gasteiger partial charge is 0.234 e. The molecule has 0 aromatic rings. The highest BCUT2D eigenvalue weighted by atomic mass is 16.2. The molecule has 1 rings (SSSR count). The zero-order valence-corrected chi connectivity index (χ0v) is 14.0. The standard InChI is InChI=1S/C16H33N3O/c1-6-16(4,5)18-15(20)12-19-9-7-8-14(11-19)10-17-13(2)3/h13-14,17H,6-12H2,1-5H3,(H,18,20). The van der Waals surface area contributed by atoms with Crippen molar-refractivity contribution in [3.8, 4) is 0 Å². The summed E-state index contributed by atoms with van der Waals surface area (Å²) in [5, 5.41) is 6.63. The summed E-state index contributed by atoms with van der Waals surface area (Å²) in [6, 6.07) is 0.541. The van der Waals surface area contributed by atoms with Crippen LogP contribution in [0, 0.1) is 5.92 Å². The number of rotatable bonds is 7. The third-order valence-electron chi connectivity index (χ3n) is 4.15. The van der Waals surface area contributed by atoms with Crippen LogP contribution >= 0.6 is 0 Å². The summed E-state index contributed by atoms with van der Waals surface area (Å²) in [7, 11) is 0. The molecule has 1 atom stereocenters. The van der Waals surface area contributed by atoms with E-state index < -0.39 is 0 Å². The number of carbonyl (C=O) groups excluding carboxylic acids is 1. The van der Waals surface area contributed by atoms with Gasteiger partial charge in [-0.15, -0.1) is 0 Å². The molecule has 1 heterocycles. The van der Waals surface area contributed by atoms with Crippen LogP contribution in [0.15, 0.2) is 0 Å². The van der Waals surface area contributed by atoms with Gasteiger partial charge in [-0.2, -0.15) is 0 Å². The van der Waals surface area contributed by atoms with Gasteiger partial charge in [0.1, 0.15) is 0 Å². The van der Waals surface area contributed by atoms with Crippen LogP contribution in [-0.4, -0.2) is 48.6 Å². The third kappa shape index (κ3) is 6.71. The maximum atomic E-state index is 12.1. The number of nitrogens with one attached hydrogen (secondary N) is 2. The molecule has 20 heavy (non-hydrogen) atoms. The first-order valence-corrected chi connectivity index (χ1v) is 8.09. The van der Waals surface area contributed by atoms with Crippen LogP contribution in [-0.2, 0) is 4.79 Å². The summed E-state index contributed by atoms with van der Waals surface area (Å²) < 4.78 is 0. The molecule has 0 bridgehead atoms. The molecule has 4 nitrogen and oxygen atoms in total. The van der Waals surface area contributed by atoms with Gasteiger partial charge in [-0.3, -0.25) is 9.69 Å². The second kappa shape index (κ2) is 7.99. The van der Waals surface area contributed by atoms with Gasteiger partial charge in [0, 0.05) is 18.1 Å². The van der Waals surface area contributed by atoms with Gasteiger partial charge in [0.05, 0.1) is 6.54 Å². The molecule has 118 valence electrons. The number of amides is 1. The minimum absolute atomic E-state index is 0.0918. The van der Waals surface area contributed by atoms with Crippen molar-refractivity contribution < 1.29 is 4.79 Å². The molecule has 4 heteroatoms. The molecule has 0 saturated carbocycles. The Bertz CT molecular complexity index is 302. The Hall–Kier alpha value is -0.610. The molecule has 1 unspecified atom stereocenters. The van der Waals surface area contributed by atoms with E-state index in [1.807, 2.05) is 0 Å². The highest BCUT2D eigenvalue weighted by Crippen LogP contribution is 2.16. The van der Waals surface area contributed by atoms with Gasteiger partial charge in [-0.05, 0) is 52.1 Å². The van der Waals surface area contributed by atoms with Gasteiger partial charge in [0.2, 0.25) is 5.91 Å². The number of nitrogens with zero attached hydrogens (tertiary/aromatic N) is 1. The zero-order valence-electron chi connectivity index (χ0n) is 14.0. The number of carbonyl (C=O) groups is 1. The second-order valence-corrected chi connectivity index (χ2v) is 7.09. The fourth-order valence-electron chi connectivity index (χ4n) is 2.57.